The molecule has 0 bridgehead atoms. The van der Waals surface area contributed by atoms with E-state index in [0.29, 0.717) is 0 Å². The van der Waals surface area contributed by atoms with Gasteiger partial charge in [0.2, 0.25) is 0 Å². The van der Waals surface area contributed by atoms with Crippen molar-refractivity contribution in [3.8, 4) is 6.07 Å². The van der Waals surface area contributed by atoms with E-state index < -0.39 is 0 Å². The van der Waals surface area contributed by atoms with E-state index in [2.05, 4.69) is 6.07 Å². The van der Waals surface area contributed by atoms with Crippen molar-refractivity contribution < 1.29 is 0 Å². The molecule has 0 aliphatic rings. The first-order chi connectivity index (χ1) is 6.57. The van der Waals surface area contributed by atoms with Crippen LogP contribution in [-0.4, -0.2) is 33.9 Å². The Morgan fingerprint density at radius 3 is 2.00 bits per heavy atom. The summed E-state index contributed by atoms with van der Waals surface area (Å²) >= 11 is 0. The highest BCUT2D eigenvalue weighted by molar-refractivity contribution is 6.14. The van der Waals surface area contributed by atoms with Crippen molar-refractivity contribution in [1.82, 2.24) is 4.90 Å². The lowest BCUT2D eigenvalue weighted by molar-refractivity contribution is 0.505. The van der Waals surface area contributed by atoms with Gasteiger partial charge in [-0.1, -0.05) is 30.3 Å². The molecule has 2 nitrogen and oxygen atoms in total. The number of nitriles is 1. The molecule has 0 aliphatic carbocycles. The fourth-order valence-electron chi connectivity index (χ4n) is 0.816. The van der Waals surface area contributed by atoms with Gasteiger partial charge in [-0.05, 0) is 26.7 Å². The highest BCUT2D eigenvalue weighted by Gasteiger charge is 1.99. The van der Waals surface area contributed by atoms with E-state index >= 15 is 0 Å². The minimum absolute atomic E-state index is 0.0150. The average Bonchev–Trinajstić information content (AvgIpc) is 2.17. The Kier molecular flexibility index (Phi) is 6.52. The minimum atomic E-state index is 0.0150. The van der Waals surface area contributed by atoms with Crippen LogP contribution in [0.4, 0.5) is 0 Å². The summed E-state index contributed by atoms with van der Waals surface area (Å²) in [5.41, 5.74) is 1.09. The number of benzene rings is 1. The van der Waals surface area contributed by atoms with E-state index in [1.165, 1.54) is 0 Å². The van der Waals surface area contributed by atoms with Crippen molar-refractivity contribution in [2.75, 3.05) is 21.1 Å². The summed E-state index contributed by atoms with van der Waals surface area (Å²) in [4.78, 5) is 2.00. The molecule has 0 heterocycles. The smallest absolute Gasteiger partial charge is 0.129 e. The van der Waals surface area contributed by atoms with Crippen molar-refractivity contribution in [2.24, 2.45) is 0 Å². The molecule has 0 fully saturated rings. The Bertz CT molecular complexity index is 274. The third-order valence-corrected chi connectivity index (χ3v) is 1.49. The van der Waals surface area contributed by atoms with Gasteiger partial charge in [0.25, 0.3) is 0 Å². The molecular formula is C11H17BN2. The molecule has 0 saturated heterocycles. The quantitative estimate of drug-likeness (QED) is 0.616. The number of hydrogen-bond donors (Lipinski definition) is 0. The summed E-state index contributed by atoms with van der Waals surface area (Å²) in [6, 6.07) is 12.0. The van der Waals surface area contributed by atoms with Crippen molar-refractivity contribution in [1.29, 1.82) is 5.26 Å². The maximum Gasteiger partial charge on any atom is 0.129 e. The summed E-state index contributed by atoms with van der Waals surface area (Å²) in [5.74, 6) is 0.0150. The van der Waals surface area contributed by atoms with Crippen LogP contribution >= 0.6 is 0 Å². The summed E-state index contributed by atoms with van der Waals surface area (Å²) in [7, 11) is 7.90. The highest BCUT2D eigenvalue weighted by Crippen LogP contribution is 2.08. The van der Waals surface area contributed by atoms with Crippen molar-refractivity contribution in [3.05, 3.63) is 35.9 Å². The highest BCUT2D eigenvalue weighted by atomic mass is 15.0. The van der Waals surface area contributed by atoms with Crippen LogP contribution in [0.2, 0.25) is 0 Å². The van der Waals surface area contributed by atoms with E-state index in [0.717, 1.165) is 5.56 Å². The molecule has 3 heteroatoms. The lowest BCUT2D eigenvalue weighted by Crippen LogP contribution is -1.99. The number of hydrogen-bond acceptors (Lipinski definition) is 2. The standard InChI is InChI=1S/C8H8BN.C3H9N/c9-8(6-10)7-4-2-1-3-5-7;1-4(2)3/h1-5,8H,9H2;1-3H3. The van der Waals surface area contributed by atoms with Crippen LogP contribution < -0.4 is 0 Å². The van der Waals surface area contributed by atoms with Crippen molar-refractivity contribution in [3.63, 3.8) is 0 Å². The first kappa shape index (κ1) is 12.7. The van der Waals surface area contributed by atoms with Gasteiger partial charge in [-0.2, -0.15) is 5.26 Å². The van der Waals surface area contributed by atoms with Gasteiger partial charge in [0.05, 0.1) is 6.07 Å². The predicted molar refractivity (Wildman–Crippen MR) is 63.0 cm³/mol. The van der Waals surface area contributed by atoms with Gasteiger partial charge in [-0.3, -0.25) is 0 Å². The zero-order valence-electron chi connectivity index (χ0n) is 9.36. The molecule has 0 amide bonds. The molecule has 0 saturated carbocycles. The third kappa shape index (κ3) is 6.27. The van der Waals surface area contributed by atoms with Crippen LogP contribution in [0.5, 0.6) is 0 Å². The number of nitrogens with zero attached hydrogens (tertiary/aromatic N) is 2. The van der Waals surface area contributed by atoms with E-state index in [-0.39, 0.29) is 5.82 Å². The maximum absolute atomic E-state index is 8.54. The summed E-state index contributed by atoms with van der Waals surface area (Å²) in [6.45, 7) is 0. The van der Waals surface area contributed by atoms with Gasteiger partial charge in [0.1, 0.15) is 7.85 Å². The largest absolute Gasteiger partial charge is 0.312 e. The molecule has 0 spiro atoms. The first-order valence-corrected chi connectivity index (χ1v) is 4.63. The Balaban J connectivity index is 0.000000364. The Labute approximate surface area is 87.6 Å². The Hall–Kier alpha value is -1.27. The van der Waals surface area contributed by atoms with Crippen molar-refractivity contribution in [2.45, 2.75) is 5.82 Å². The first-order valence-electron chi connectivity index (χ1n) is 4.63. The van der Waals surface area contributed by atoms with Crippen molar-refractivity contribution >= 4 is 7.85 Å². The van der Waals surface area contributed by atoms with Crippen LogP contribution in [0.3, 0.4) is 0 Å². The topological polar surface area (TPSA) is 27.0 Å². The number of rotatable bonds is 1. The maximum atomic E-state index is 8.54. The zero-order valence-corrected chi connectivity index (χ0v) is 9.36. The molecule has 74 valence electrons. The van der Waals surface area contributed by atoms with Gasteiger partial charge in [0.15, 0.2) is 0 Å². The second kappa shape index (κ2) is 7.17. The van der Waals surface area contributed by atoms with Gasteiger partial charge < -0.3 is 4.90 Å². The normalized spacial score (nSPS) is 11.1. The zero-order chi connectivity index (χ0) is 11.0. The van der Waals surface area contributed by atoms with Crippen LogP contribution in [0.1, 0.15) is 11.4 Å². The lowest BCUT2D eigenvalue weighted by atomic mass is 9.83. The molecule has 14 heavy (non-hydrogen) atoms. The molecule has 1 atom stereocenters. The molecule has 0 radical (unpaired) electrons. The molecule has 0 aliphatic heterocycles. The van der Waals surface area contributed by atoms with Crippen LogP contribution in [0.15, 0.2) is 30.3 Å². The summed E-state index contributed by atoms with van der Waals surface area (Å²) < 4.78 is 0. The monoisotopic (exact) mass is 188 g/mol. The second-order valence-corrected chi connectivity index (χ2v) is 3.60. The van der Waals surface area contributed by atoms with Crippen LogP contribution in [-0.2, 0) is 0 Å². The summed E-state index contributed by atoms with van der Waals surface area (Å²) in [6.07, 6.45) is 0. The second-order valence-electron chi connectivity index (χ2n) is 3.60. The minimum Gasteiger partial charge on any atom is -0.312 e. The van der Waals surface area contributed by atoms with Gasteiger partial charge in [-0.25, -0.2) is 0 Å². The molecule has 1 aromatic rings. The van der Waals surface area contributed by atoms with Gasteiger partial charge in [-0.15, -0.1) is 0 Å². The lowest BCUT2D eigenvalue weighted by Gasteiger charge is -1.98. The Morgan fingerprint density at radius 2 is 1.64 bits per heavy atom. The van der Waals surface area contributed by atoms with E-state index in [9.17, 15) is 0 Å². The molecule has 1 rings (SSSR count). The van der Waals surface area contributed by atoms with Gasteiger partial charge in [0, 0.05) is 5.82 Å². The van der Waals surface area contributed by atoms with Crippen LogP contribution in [0.25, 0.3) is 0 Å². The fourth-order valence-corrected chi connectivity index (χ4v) is 0.816. The molecule has 1 aromatic carbocycles. The van der Waals surface area contributed by atoms with Gasteiger partial charge >= 0.3 is 0 Å². The molecule has 0 N–H and O–H groups in total. The molecule has 0 aromatic heterocycles. The predicted octanol–water partition coefficient (Wildman–Crippen LogP) is 1.06. The Morgan fingerprint density at radius 1 is 1.21 bits per heavy atom. The molecule has 1 unspecified atom stereocenters. The molecular weight excluding hydrogens is 171 g/mol. The SMILES string of the molecule is BC(C#N)c1ccccc1.CN(C)C. The average molecular weight is 188 g/mol. The van der Waals surface area contributed by atoms with E-state index in [4.69, 9.17) is 5.26 Å². The summed E-state index contributed by atoms with van der Waals surface area (Å²) in [5, 5.41) is 8.54. The third-order valence-electron chi connectivity index (χ3n) is 1.49. The van der Waals surface area contributed by atoms with Crippen LogP contribution in [0, 0.1) is 11.3 Å². The fraction of sp³-hybridized carbons (Fsp3) is 0.364. The van der Waals surface area contributed by atoms with E-state index in [1.807, 2.05) is 64.2 Å². The van der Waals surface area contributed by atoms with E-state index in [1.54, 1.807) is 0 Å².